The van der Waals surface area contributed by atoms with Crippen LogP contribution in [0.5, 0.6) is 5.75 Å². The Morgan fingerprint density at radius 2 is 2.05 bits per heavy atom. The van der Waals surface area contributed by atoms with Crippen LogP contribution in [0.4, 0.5) is 0 Å². The highest BCUT2D eigenvalue weighted by atomic mass is 79.9. The number of para-hydroxylation sites is 1. The lowest BCUT2D eigenvalue weighted by Crippen LogP contribution is -2.12. The van der Waals surface area contributed by atoms with Gasteiger partial charge >= 0.3 is 0 Å². The van der Waals surface area contributed by atoms with E-state index in [1.807, 2.05) is 18.3 Å². The molecular weight excluding hydrogens is 316 g/mol. The van der Waals surface area contributed by atoms with Gasteiger partial charge in [0.2, 0.25) is 0 Å². The van der Waals surface area contributed by atoms with Gasteiger partial charge in [0.15, 0.2) is 0 Å². The smallest absolute Gasteiger partial charge is 0.140 e. The van der Waals surface area contributed by atoms with E-state index in [1.165, 1.54) is 32.1 Å². The molecule has 1 heterocycles. The number of hydrogen-bond donors (Lipinski definition) is 0. The molecule has 0 amide bonds. The summed E-state index contributed by atoms with van der Waals surface area (Å²) in [6, 6.07) is 6.66. The van der Waals surface area contributed by atoms with E-state index >= 15 is 0 Å². The lowest BCUT2D eigenvalue weighted by atomic mass is 9.96. The molecule has 0 saturated heterocycles. The Balaban J connectivity index is 1.92. The summed E-state index contributed by atoms with van der Waals surface area (Å²) in [6.45, 7) is 0. The van der Waals surface area contributed by atoms with Crippen molar-refractivity contribution < 1.29 is 4.74 Å². The molecule has 1 aliphatic carbocycles. The number of benzene rings is 1. The van der Waals surface area contributed by atoms with Crippen LogP contribution in [0.1, 0.15) is 38.1 Å². The van der Waals surface area contributed by atoms with Gasteiger partial charge < -0.3 is 4.74 Å². The fourth-order valence-electron chi connectivity index (χ4n) is 2.97. The number of aromatic nitrogens is 2. The summed E-state index contributed by atoms with van der Waals surface area (Å²) in [4.78, 5) is 0. The van der Waals surface area contributed by atoms with Crippen LogP contribution < -0.4 is 4.74 Å². The summed E-state index contributed by atoms with van der Waals surface area (Å²) in [5.41, 5.74) is 2.21. The Kier molecular flexibility index (Phi) is 4.10. The van der Waals surface area contributed by atoms with E-state index < -0.39 is 0 Å². The zero-order chi connectivity index (χ0) is 13.9. The molecule has 0 spiro atoms. The zero-order valence-corrected chi connectivity index (χ0v) is 13.3. The second-order valence-corrected chi connectivity index (χ2v) is 6.18. The van der Waals surface area contributed by atoms with E-state index in [2.05, 4.69) is 38.0 Å². The van der Waals surface area contributed by atoms with Crippen molar-refractivity contribution in [2.75, 3.05) is 7.11 Å². The van der Waals surface area contributed by atoms with Crippen LogP contribution in [0.15, 0.2) is 35.1 Å². The van der Waals surface area contributed by atoms with Crippen LogP contribution in [0, 0.1) is 0 Å². The largest absolute Gasteiger partial charge is 0.495 e. The molecule has 2 aromatic rings. The van der Waals surface area contributed by atoms with E-state index in [4.69, 9.17) is 4.74 Å². The Hall–Kier alpha value is -1.29. The molecule has 1 aromatic carbocycles. The summed E-state index contributed by atoms with van der Waals surface area (Å²) in [6.07, 6.45) is 10.6. The summed E-state index contributed by atoms with van der Waals surface area (Å²) in [5, 5.41) is 4.57. The van der Waals surface area contributed by atoms with Crippen molar-refractivity contribution in [3.8, 4) is 16.9 Å². The maximum absolute atomic E-state index is 5.50. The maximum atomic E-state index is 5.50. The Morgan fingerprint density at radius 1 is 1.25 bits per heavy atom. The first-order valence-corrected chi connectivity index (χ1v) is 7.96. The normalized spacial score (nSPS) is 16.3. The van der Waals surface area contributed by atoms with Crippen LogP contribution in [0.25, 0.3) is 11.1 Å². The molecule has 0 unspecified atom stereocenters. The van der Waals surface area contributed by atoms with Gasteiger partial charge in [-0.3, -0.25) is 4.68 Å². The van der Waals surface area contributed by atoms with Crippen molar-refractivity contribution in [2.24, 2.45) is 0 Å². The second-order valence-electron chi connectivity index (χ2n) is 5.32. The number of rotatable bonds is 3. The third kappa shape index (κ3) is 2.62. The predicted octanol–water partition coefficient (Wildman–Crippen LogP) is 4.83. The Labute approximate surface area is 128 Å². The number of hydrogen-bond acceptors (Lipinski definition) is 2. The standard InChI is InChI=1S/C16H19BrN2O/c1-20-16-14(8-5-9-15(16)17)12-10-18-19(11-12)13-6-3-2-4-7-13/h5,8-11,13H,2-4,6-7H2,1H3. The first-order valence-electron chi connectivity index (χ1n) is 7.16. The molecule has 0 bridgehead atoms. The van der Waals surface area contributed by atoms with Crippen LogP contribution >= 0.6 is 15.9 Å². The monoisotopic (exact) mass is 334 g/mol. The average molecular weight is 335 g/mol. The third-order valence-corrected chi connectivity index (χ3v) is 4.66. The van der Waals surface area contributed by atoms with Crippen molar-refractivity contribution in [3.05, 3.63) is 35.1 Å². The van der Waals surface area contributed by atoms with Crippen LogP contribution in [-0.4, -0.2) is 16.9 Å². The Bertz CT molecular complexity index is 588. The zero-order valence-electron chi connectivity index (χ0n) is 11.7. The third-order valence-electron chi connectivity index (χ3n) is 4.03. The van der Waals surface area contributed by atoms with Crippen molar-refractivity contribution in [1.29, 1.82) is 0 Å². The number of nitrogens with zero attached hydrogens (tertiary/aromatic N) is 2. The number of halogens is 1. The molecule has 20 heavy (non-hydrogen) atoms. The number of methoxy groups -OCH3 is 1. The minimum atomic E-state index is 0.565. The predicted molar refractivity (Wildman–Crippen MR) is 84.0 cm³/mol. The van der Waals surface area contributed by atoms with Crippen molar-refractivity contribution in [1.82, 2.24) is 9.78 Å². The van der Waals surface area contributed by atoms with Gasteiger partial charge in [0.25, 0.3) is 0 Å². The summed E-state index contributed by atoms with van der Waals surface area (Å²) in [5.74, 6) is 0.871. The van der Waals surface area contributed by atoms with Crippen LogP contribution in [0.2, 0.25) is 0 Å². The molecular formula is C16H19BrN2O. The van der Waals surface area contributed by atoms with Gasteiger partial charge in [0.05, 0.1) is 23.8 Å². The van der Waals surface area contributed by atoms with Crippen molar-refractivity contribution >= 4 is 15.9 Å². The van der Waals surface area contributed by atoms with Crippen LogP contribution in [-0.2, 0) is 0 Å². The molecule has 0 radical (unpaired) electrons. The Morgan fingerprint density at radius 3 is 2.80 bits per heavy atom. The van der Waals surface area contributed by atoms with E-state index in [-0.39, 0.29) is 0 Å². The first-order chi connectivity index (χ1) is 9.79. The summed E-state index contributed by atoms with van der Waals surface area (Å²) < 4.78 is 8.61. The second kappa shape index (κ2) is 6.00. The van der Waals surface area contributed by atoms with Gasteiger partial charge in [-0.25, -0.2) is 0 Å². The molecule has 1 aliphatic rings. The molecule has 106 valence electrons. The topological polar surface area (TPSA) is 27.1 Å². The van der Waals surface area contributed by atoms with Crippen LogP contribution in [0.3, 0.4) is 0 Å². The lowest BCUT2D eigenvalue weighted by molar-refractivity contribution is 0.329. The molecule has 4 heteroatoms. The molecule has 1 saturated carbocycles. The van der Waals surface area contributed by atoms with Gasteiger partial charge in [-0.15, -0.1) is 0 Å². The highest BCUT2D eigenvalue weighted by Gasteiger charge is 2.17. The molecule has 0 atom stereocenters. The SMILES string of the molecule is COc1c(Br)cccc1-c1cnn(C2CCCCC2)c1. The summed E-state index contributed by atoms with van der Waals surface area (Å²) >= 11 is 3.54. The number of ether oxygens (including phenoxy) is 1. The maximum Gasteiger partial charge on any atom is 0.140 e. The average Bonchev–Trinajstić information content (AvgIpc) is 2.97. The van der Waals surface area contributed by atoms with E-state index in [0.717, 1.165) is 21.3 Å². The van der Waals surface area contributed by atoms with E-state index in [1.54, 1.807) is 7.11 Å². The minimum Gasteiger partial charge on any atom is -0.495 e. The van der Waals surface area contributed by atoms with Gasteiger partial charge in [-0.2, -0.15) is 5.10 Å². The molecule has 3 rings (SSSR count). The van der Waals surface area contributed by atoms with Gasteiger partial charge in [-0.05, 0) is 34.8 Å². The lowest BCUT2D eigenvalue weighted by Gasteiger charge is -2.21. The molecule has 1 fully saturated rings. The van der Waals surface area contributed by atoms with Crippen molar-refractivity contribution in [2.45, 2.75) is 38.1 Å². The van der Waals surface area contributed by atoms with Crippen molar-refractivity contribution in [3.63, 3.8) is 0 Å². The fraction of sp³-hybridized carbons (Fsp3) is 0.438. The van der Waals surface area contributed by atoms with E-state index in [0.29, 0.717) is 6.04 Å². The highest BCUT2D eigenvalue weighted by Crippen LogP contribution is 2.37. The minimum absolute atomic E-state index is 0.565. The molecule has 0 aliphatic heterocycles. The molecule has 0 N–H and O–H groups in total. The van der Waals surface area contributed by atoms with Gasteiger partial charge in [0, 0.05) is 17.3 Å². The highest BCUT2D eigenvalue weighted by molar-refractivity contribution is 9.10. The fourth-order valence-corrected chi connectivity index (χ4v) is 3.49. The van der Waals surface area contributed by atoms with Gasteiger partial charge in [0.1, 0.15) is 5.75 Å². The van der Waals surface area contributed by atoms with Gasteiger partial charge in [-0.1, -0.05) is 31.4 Å². The quantitative estimate of drug-likeness (QED) is 0.804. The first kappa shape index (κ1) is 13.7. The summed E-state index contributed by atoms with van der Waals surface area (Å²) in [7, 11) is 1.70. The molecule has 3 nitrogen and oxygen atoms in total. The molecule has 1 aromatic heterocycles. The van der Waals surface area contributed by atoms with E-state index in [9.17, 15) is 0 Å².